The number of carboxylic acids is 3. The molecular weight excluding hydrogens is 610 g/mol. The average Bonchev–Trinajstić information content (AvgIpc) is 3.33. The molecule has 45 heavy (non-hydrogen) atoms. The summed E-state index contributed by atoms with van der Waals surface area (Å²) in [4.78, 5) is 47.4. The first kappa shape index (κ1) is 35.3. The molecule has 1 unspecified atom stereocenters. The number of hydrogen-bond donors (Lipinski definition) is 5. The molecule has 2 heterocycles. The van der Waals surface area contributed by atoms with Gasteiger partial charge in [-0.25, -0.2) is 4.79 Å². The zero-order chi connectivity index (χ0) is 33.4. The van der Waals surface area contributed by atoms with E-state index in [1.54, 1.807) is 19.2 Å². The number of rotatable bonds is 11. The van der Waals surface area contributed by atoms with Crippen molar-refractivity contribution >= 4 is 35.4 Å². The van der Waals surface area contributed by atoms with Crippen molar-refractivity contribution in [3.8, 4) is 11.8 Å². The number of amides is 1. The van der Waals surface area contributed by atoms with Crippen LogP contribution in [0.25, 0.3) is 0 Å². The summed E-state index contributed by atoms with van der Waals surface area (Å²) in [5.41, 5.74) is 0.339. The number of fused-ring (bicyclic) bond motifs is 2. The van der Waals surface area contributed by atoms with Gasteiger partial charge in [0.15, 0.2) is 5.60 Å². The van der Waals surface area contributed by atoms with Crippen LogP contribution in [0.5, 0.6) is 5.75 Å². The number of aliphatic hydroxyl groups is 1. The van der Waals surface area contributed by atoms with Crippen LogP contribution in [0.4, 0.5) is 0 Å². The number of piperidine rings is 1. The molecule has 2 aromatic carbocycles. The molecule has 13 nitrogen and oxygen atoms in total. The molecule has 1 fully saturated rings. The Hall–Kier alpha value is -4.22. The molecule has 1 saturated heterocycles. The van der Waals surface area contributed by atoms with E-state index in [0.29, 0.717) is 24.6 Å². The predicted molar refractivity (Wildman–Crippen MR) is 159 cm³/mol. The monoisotopic (exact) mass is 645 g/mol. The summed E-state index contributed by atoms with van der Waals surface area (Å²) in [5.74, 6) is -5.35. The van der Waals surface area contributed by atoms with Crippen LogP contribution in [0.2, 0.25) is 5.02 Å². The lowest BCUT2D eigenvalue weighted by molar-refractivity contribution is -0.170. The SMILES string of the molecule is CN(CC#N)C(=O)C(Cc1cc(O)ccc1Cl)CN1CCC2(CC1)OCc1ccccc12.O=C(O)CC(O)(CC(=O)O)C(=O)O. The second-order valence-corrected chi connectivity index (χ2v) is 11.7. The van der Waals surface area contributed by atoms with Crippen molar-refractivity contribution in [3.63, 3.8) is 0 Å². The van der Waals surface area contributed by atoms with Gasteiger partial charge < -0.3 is 40.1 Å². The Morgan fingerprint density at radius 3 is 2.29 bits per heavy atom. The van der Waals surface area contributed by atoms with Gasteiger partial charge in [-0.3, -0.25) is 14.4 Å². The number of phenols is 1. The van der Waals surface area contributed by atoms with Crippen molar-refractivity contribution < 1.29 is 49.4 Å². The standard InChI is InChI=1S/C25H28ClN3O3.C6H8O7/c1-28(13-10-27)24(31)20(14-19-15-21(30)6-7-23(19)26)16-29-11-8-25(9-12-29)22-5-3-2-4-18(22)17-32-25;7-3(8)1-6(13,5(11)12)2-4(9)10/h2-7,15,20,30H,8-9,11-14,16-17H2,1H3;13H,1-2H2,(H,7,8)(H,9,10)(H,11,12). The van der Waals surface area contributed by atoms with Crippen LogP contribution in [-0.2, 0) is 42.5 Å². The largest absolute Gasteiger partial charge is 0.508 e. The molecule has 2 aromatic rings. The van der Waals surface area contributed by atoms with E-state index in [1.807, 2.05) is 6.07 Å². The molecule has 5 N–H and O–H groups in total. The highest BCUT2D eigenvalue weighted by Gasteiger charge is 2.43. The Morgan fingerprint density at radius 2 is 1.71 bits per heavy atom. The van der Waals surface area contributed by atoms with Crippen molar-refractivity contribution in [1.82, 2.24) is 9.80 Å². The highest BCUT2D eigenvalue weighted by molar-refractivity contribution is 6.31. The third-order valence-electron chi connectivity index (χ3n) is 7.97. The van der Waals surface area contributed by atoms with Gasteiger partial charge in [0.05, 0.1) is 37.0 Å². The molecule has 0 radical (unpaired) electrons. The van der Waals surface area contributed by atoms with Crippen LogP contribution in [0.15, 0.2) is 42.5 Å². The Balaban J connectivity index is 0.000000360. The zero-order valence-corrected chi connectivity index (χ0v) is 25.4. The predicted octanol–water partition coefficient (Wildman–Crippen LogP) is 2.46. The van der Waals surface area contributed by atoms with Gasteiger partial charge in [-0.15, -0.1) is 0 Å². The zero-order valence-electron chi connectivity index (χ0n) is 24.7. The number of halogens is 1. The molecule has 1 atom stereocenters. The number of likely N-dealkylation sites (tertiary alicyclic amines) is 1. The molecular formula is C31H36ClN3O10. The Kier molecular flexibility index (Phi) is 11.9. The molecule has 14 heteroatoms. The number of carbonyl (C=O) groups is 4. The number of aromatic hydroxyl groups is 1. The number of benzene rings is 2. The van der Waals surface area contributed by atoms with E-state index in [2.05, 4.69) is 29.2 Å². The minimum Gasteiger partial charge on any atom is -0.508 e. The van der Waals surface area contributed by atoms with Gasteiger partial charge in [-0.2, -0.15) is 5.26 Å². The number of nitriles is 1. The summed E-state index contributed by atoms with van der Waals surface area (Å²) in [6.45, 7) is 2.92. The molecule has 0 aliphatic carbocycles. The van der Waals surface area contributed by atoms with E-state index in [9.17, 15) is 24.3 Å². The van der Waals surface area contributed by atoms with Gasteiger partial charge in [0, 0.05) is 31.7 Å². The maximum Gasteiger partial charge on any atom is 0.336 e. The van der Waals surface area contributed by atoms with Crippen LogP contribution < -0.4 is 0 Å². The third kappa shape index (κ3) is 9.15. The maximum atomic E-state index is 13.1. The minimum absolute atomic E-state index is 0.0385. The number of aliphatic carboxylic acids is 3. The summed E-state index contributed by atoms with van der Waals surface area (Å²) < 4.78 is 6.26. The van der Waals surface area contributed by atoms with Crippen molar-refractivity contribution in [2.24, 2.45) is 5.92 Å². The first-order valence-electron chi connectivity index (χ1n) is 14.1. The second kappa shape index (κ2) is 15.2. The lowest BCUT2D eigenvalue weighted by Gasteiger charge is -2.40. The lowest BCUT2D eigenvalue weighted by Crippen LogP contribution is -2.47. The Morgan fingerprint density at radius 1 is 1.09 bits per heavy atom. The van der Waals surface area contributed by atoms with Crippen LogP contribution in [-0.4, -0.2) is 98.0 Å². The molecule has 0 saturated carbocycles. The first-order valence-corrected chi connectivity index (χ1v) is 14.5. The fourth-order valence-corrected chi connectivity index (χ4v) is 5.82. The fraction of sp³-hybridized carbons (Fsp3) is 0.452. The van der Waals surface area contributed by atoms with Crippen molar-refractivity contribution in [3.05, 3.63) is 64.2 Å². The summed E-state index contributed by atoms with van der Waals surface area (Å²) in [7, 11) is 1.65. The second-order valence-electron chi connectivity index (χ2n) is 11.2. The van der Waals surface area contributed by atoms with Gasteiger partial charge in [0.2, 0.25) is 5.91 Å². The number of hydrogen-bond acceptors (Lipinski definition) is 9. The van der Waals surface area contributed by atoms with Gasteiger partial charge in [-0.05, 0) is 54.2 Å². The number of nitrogens with zero attached hydrogens (tertiary/aromatic N) is 3. The minimum atomic E-state index is -2.74. The van der Waals surface area contributed by atoms with E-state index in [4.69, 9.17) is 42.0 Å². The van der Waals surface area contributed by atoms with Crippen molar-refractivity contribution in [2.75, 3.05) is 33.2 Å². The summed E-state index contributed by atoms with van der Waals surface area (Å²) in [6, 6.07) is 15.3. The maximum absolute atomic E-state index is 13.1. The molecule has 0 bridgehead atoms. The van der Waals surface area contributed by atoms with Gasteiger partial charge >= 0.3 is 17.9 Å². The molecule has 1 amide bonds. The molecule has 2 aliphatic rings. The topological polar surface area (TPSA) is 209 Å². The first-order chi connectivity index (χ1) is 21.2. The van der Waals surface area contributed by atoms with Gasteiger partial charge in [-0.1, -0.05) is 35.9 Å². The molecule has 2 aliphatic heterocycles. The highest BCUT2D eigenvalue weighted by Crippen LogP contribution is 2.44. The summed E-state index contributed by atoms with van der Waals surface area (Å²) in [5, 5.41) is 53.3. The van der Waals surface area contributed by atoms with Crippen LogP contribution in [0.3, 0.4) is 0 Å². The molecule has 1 spiro atoms. The number of carbonyl (C=O) groups excluding carboxylic acids is 1. The van der Waals surface area contributed by atoms with Crippen molar-refractivity contribution in [1.29, 1.82) is 5.26 Å². The van der Waals surface area contributed by atoms with E-state index in [-0.39, 0.29) is 29.7 Å². The number of carboxylic acid groups (broad SMARTS) is 3. The molecule has 0 aromatic heterocycles. The van der Waals surface area contributed by atoms with Crippen LogP contribution in [0, 0.1) is 17.2 Å². The van der Waals surface area contributed by atoms with Crippen molar-refractivity contribution in [2.45, 2.75) is 49.9 Å². The summed E-state index contributed by atoms with van der Waals surface area (Å²) in [6.07, 6.45) is -0.121. The smallest absolute Gasteiger partial charge is 0.336 e. The Bertz CT molecular complexity index is 1440. The third-order valence-corrected chi connectivity index (χ3v) is 8.34. The lowest BCUT2D eigenvalue weighted by atomic mass is 9.83. The summed E-state index contributed by atoms with van der Waals surface area (Å²) >= 11 is 6.34. The van der Waals surface area contributed by atoms with Gasteiger partial charge in [0.25, 0.3) is 0 Å². The quantitative estimate of drug-likeness (QED) is 0.223. The van der Waals surface area contributed by atoms with E-state index < -0.39 is 36.4 Å². The molecule has 242 valence electrons. The van der Waals surface area contributed by atoms with Crippen LogP contribution >= 0.6 is 11.6 Å². The normalized spacial score (nSPS) is 16.0. The molecule has 4 rings (SSSR count). The van der Waals surface area contributed by atoms with Gasteiger partial charge in [0.1, 0.15) is 12.3 Å². The fourth-order valence-electron chi connectivity index (χ4n) is 5.63. The number of ether oxygens (including phenoxy) is 1. The van der Waals surface area contributed by atoms with E-state index in [1.165, 1.54) is 22.1 Å². The van der Waals surface area contributed by atoms with Crippen LogP contribution in [0.1, 0.15) is 42.4 Å². The highest BCUT2D eigenvalue weighted by atomic mass is 35.5. The number of phenolic OH excluding ortho intramolecular Hbond substituents is 1. The van der Waals surface area contributed by atoms with E-state index >= 15 is 0 Å². The van der Waals surface area contributed by atoms with E-state index in [0.717, 1.165) is 31.5 Å². The Labute approximate surface area is 264 Å². The average molecular weight is 646 g/mol.